The monoisotopic (exact) mass is 826 g/mol. The smallest absolute Gasteiger partial charge is 0.331 e. The zero-order valence-corrected chi connectivity index (χ0v) is 32.0. The first-order valence-electron chi connectivity index (χ1n) is 16.4. The molecule has 0 aliphatic carbocycles. The Bertz CT molecular complexity index is 1190. The number of hydrogen-bond donors (Lipinski definition) is 7. The van der Waals surface area contributed by atoms with Crippen LogP contribution in [0.25, 0.3) is 0 Å². The van der Waals surface area contributed by atoms with Crippen molar-refractivity contribution in [2.45, 2.75) is 74.3 Å². The van der Waals surface area contributed by atoms with Crippen LogP contribution in [0.1, 0.15) is 25.7 Å². The second-order valence-corrected chi connectivity index (χ2v) is 13.1. The molecule has 6 rings (SSSR count). The molecule has 0 radical (unpaired) electrons. The van der Waals surface area contributed by atoms with Crippen molar-refractivity contribution in [3.63, 3.8) is 0 Å². The van der Waals surface area contributed by atoms with Gasteiger partial charge in [-0.2, -0.15) is 0 Å². The third-order valence-corrected chi connectivity index (χ3v) is 9.66. The molecule has 6 aliphatic heterocycles. The van der Waals surface area contributed by atoms with Crippen molar-refractivity contribution < 1.29 is 58.7 Å². The number of carbonyl (C=O) groups excluding carboxylic acids is 6. The zero-order valence-electron chi connectivity index (χ0n) is 29.0. The predicted octanol–water partition coefficient (Wildman–Crippen LogP) is -3.24. The maximum Gasteiger partial charge on any atom is 0.331 e. The first kappa shape index (κ1) is 47.9. The van der Waals surface area contributed by atoms with E-state index in [-0.39, 0.29) is 60.5 Å². The quantitative estimate of drug-likeness (QED) is 0.0837. The van der Waals surface area contributed by atoms with E-state index >= 15 is 0 Å². The summed E-state index contributed by atoms with van der Waals surface area (Å²) in [7, 11) is 2.53. The van der Waals surface area contributed by atoms with Crippen LogP contribution in [0.5, 0.6) is 0 Å². The molecule has 0 saturated carbocycles. The highest BCUT2D eigenvalue weighted by atomic mass is 35.5. The number of rotatable bonds is 4. The maximum absolute atomic E-state index is 11.3. The third kappa shape index (κ3) is 14.0. The van der Waals surface area contributed by atoms with Crippen LogP contribution in [0, 0.1) is 0 Å². The number of alkyl halides is 2. The minimum absolute atomic E-state index is 0. The van der Waals surface area contributed by atoms with E-state index in [0.29, 0.717) is 44.9 Å². The number of piperazine rings is 2. The molecule has 52 heavy (non-hydrogen) atoms. The van der Waals surface area contributed by atoms with Crippen LogP contribution < -0.4 is 16.0 Å². The van der Waals surface area contributed by atoms with E-state index < -0.39 is 47.6 Å². The maximum atomic E-state index is 11.3. The fourth-order valence-corrected chi connectivity index (χ4v) is 6.40. The minimum Gasteiger partial charge on any atom is -0.468 e. The molecule has 18 nitrogen and oxygen atoms in total. The van der Waals surface area contributed by atoms with Crippen molar-refractivity contribution in [3.05, 3.63) is 0 Å². The molecule has 6 fully saturated rings. The Kier molecular flexibility index (Phi) is 22.4. The SMILES string of the molecule is COC(=O)[C@@H]1[C@@H](O)CCN1C(=O)CCl.COC(=O)[C@H]1NCC[C@@H]1O.Cl.O=C(Cl)CCl.O=C1NCC(=O)N2CC[C@H](O)C12.O[C@H]1CCN2CCNCC12. The highest BCUT2D eigenvalue weighted by Crippen LogP contribution is 2.21. The van der Waals surface area contributed by atoms with Crippen LogP contribution in [0.4, 0.5) is 0 Å². The van der Waals surface area contributed by atoms with E-state index in [1.54, 1.807) is 0 Å². The number of amides is 3. The van der Waals surface area contributed by atoms with E-state index in [4.69, 9.17) is 39.9 Å². The lowest BCUT2D eigenvalue weighted by Gasteiger charge is -2.31. The number of aliphatic hydroxyl groups excluding tert-OH is 4. The molecular weight excluding hydrogens is 778 g/mol. The van der Waals surface area contributed by atoms with Crippen molar-refractivity contribution >= 4 is 82.1 Å². The summed E-state index contributed by atoms with van der Waals surface area (Å²) in [6.45, 7) is 5.85. The van der Waals surface area contributed by atoms with Gasteiger partial charge in [-0.1, -0.05) is 0 Å². The predicted molar refractivity (Wildman–Crippen MR) is 190 cm³/mol. The topological polar surface area (TPSA) is 248 Å². The van der Waals surface area contributed by atoms with Crippen molar-refractivity contribution in [1.29, 1.82) is 0 Å². The number of fused-ring (bicyclic) bond motifs is 2. The van der Waals surface area contributed by atoms with Gasteiger partial charge in [0.1, 0.15) is 18.0 Å². The molecule has 6 aliphatic rings. The van der Waals surface area contributed by atoms with Gasteiger partial charge in [0.15, 0.2) is 6.04 Å². The fourth-order valence-electron chi connectivity index (χ4n) is 6.25. The number of methoxy groups -OCH3 is 2. The van der Waals surface area contributed by atoms with Crippen LogP contribution >= 0.6 is 47.2 Å². The van der Waals surface area contributed by atoms with Gasteiger partial charge < -0.3 is 55.7 Å². The molecule has 22 heteroatoms. The second kappa shape index (κ2) is 24.3. The van der Waals surface area contributed by atoms with Gasteiger partial charge in [-0.15, -0.1) is 35.6 Å². The van der Waals surface area contributed by atoms with Crippen LogP contribution in [-0.4, -0.2) is 197 Å². The Balaban J connectivity index is 0.000000332. The molecule has 2 unspecified atom stereocenters. The lowest BCUT2D eigenvalue weighted by atomic mass is 10.1. The summed E-state index contributed by atoms with van der Waals surface area (Å²) in [5.74, 6) is -1.98. The Morgan fingerprint density at radius 3 is 1.94 bits per heavy atom. The van der Waals surface area contributed by atoms with Gasteiger partial charge >= 0.3 is 11.9 Å². The van der Waals surface area contributed by atoms with E-state index in [0.717, 1.165) is 32.6 Å². The number of esters is 2. The molecule has 0 aromatic carbocycles. The number of carbonyl (C=O) groups is 6. The van der Waals surface area contributed by atoms with Gasteiger partial charge in [0, 0.05) is 45.3 Å². The van der Waals surface area contributed by atoms with Crippen LogP contribution in [0.3, 0.4) is 0 Å². The molecule has 0 aromatic heterocycles. The summed E-state index contributed by atoms with van der Waals surface area (Å²) in [6, 6.07) is -1.63. The third-order valence-electron chi connectivity index (χ3n) is 8.92. The van der Waals surface area contributed by atoms with Gasteiger partial charge in [-0.05, 0) is 43.8 Å². The van der Waals surface area contributed by atoms with Gasteiger partial charge in [-0.3, -0.25) is 28.9 Å². The second-order valence-electron chi connectivity index (χ2n) is 12.1. The zero-order chi connectivity index (χ0) is 38.2. The lowest BCUT2D eigenvalue weighted by Crippen LogP contribution is -2.58. The molecule has 0 bridgehead atoms. The molecule has 0 spiro atoms. The highest BCUT2D eigenvalue weighted by Gasteiger charge is 2.44. The molecular formula is C30H50Cl4N6O12. The Labute approximate surface area is 323 Å². The molecule has 7 N–H and O–H groups in total. The number of ether oxygens (including phenoxy) is 2. The number of nitrogens with one attached hydrogen (secondary N) is 3. The van der Waals surface area contributed by atoms with Gasteiger partial charge in [0.2, 0.25) is 23.0 Å². The lowest BCUT2D eigenvalue weighted by molar-refractivity contribution is -0.153. The van der Waals surface area contributed by atoms with Crippen molar-refractivity contribution in [3.8, 4) is 0 Å². The fraction of sp³-hybridized carbons (Fsp3) is 0.800. The number of nitrogens with zero attached hydrogens (tertiary/aromatic N) is 3. The number of aliphatic hydroxyl groups is 4. The summed E-state index contributed by atoms with van der Waals surface area (Å²) in [5.41, 5.74) is 0. The molecule has 6 heterocycles. The van der Waals surface area contributed by atoms with Gasteiger partial charge in [0.25, 0.3) is 0 Å². The average Bonchev–Trinajstić information content (AvgIpc) is 3.93. The van der Waals surface area contributed by atoms with Gasteiger partial charge in [-0.25, -0.2) is 4.79 Å². The van der Waals surface area contributed by atoms with E-state index in [2.05, 4.69) is 30.3 Å². The first-order chi connectivity index (χ1) is 24.2. The van der Waals surface area contributed by atoms with E-state index in [1.807, 2.05) is 0 Å². The summed E-state index contributed by atoms with van der Waals surface area (Å²) in [5, 5.41) is 45.4. The normalized spacial score (nSPS) is 30.1. The highest BCUT2D eigenvalue weighted by molar-refractivity contribution is 6.67. The average molecular weight is 829 g/mol. The summed E-state index contributed by atoms with van der Waals surface area (Å²) in [6.07, 6.45) is 0.280. The summed E-state index contributed by atoms with van der Waals surface area (Å²) >= 11 is 14.9. The van der Waals surface area contributed by atoms with Crippen molar-refractivity contribution in [2.75, 3.05) is 78.3 Å². The molecule has 300 valence electrons. The van der Waals surface area contributed by atoms with Crippen LogP contribution in [-0.2, 0) is 38.2 Å². The number of hydrogen-bond acceptors (Lipinski definition) is 15. The molecule has 6 saturated heterocycles. The summed E-state index contributed by atoms with van der Waals surface area (Å²) in [4.78, 5) is 70.1. The Morgan fingerprint density at radius 1 is 0.808 bits per heavy atom. The minimum atomic E-state index is -0.897. The first-order valence-corrected chi connectivity index (χ1v) is 17.9. The molecule has 3 amide bonds. The van der Waals surface area contributed by atoms with E-state index in [9.17, 15) is 44.1 Å². The molecule has 8 atom stereocenters. The Hall–Kier alpha value is -2.10. The standard InChI is InChI=1S/C8H12ClNO4.C7H10N2O3.C7H14N2O.C6H11NO3.C2H2Cl2O.ClH/c1-14-8(13)7-5(11)2-3-10(7)6(12)4-9;10-4-1-2-9-5(11)3-8-7(12)6(4)9;10-7-1-3-9-4-2-8-5-6(7)9;1-10-6(9)5-4(8)2-3-7-5;3-1-2(4)5;/h5,7,11H,2-4H2,1H3;4,6,10H,1-3H2,(H,8,12);6-8,10H,1-5H2;4-5,7-8H,2-3H2,1H3;1H2;1H/t5-,7-;4-,6?;6?,7-;4-,5-;;/m0000../s1. The number of likely N-dealkylation sites (tertiary alicyclic amines) is 1. The Morgan fingerprint density at radius 2 is 1.42 bits per heavy atom. The van der Waals surface area contributed by atoms with Crippen molar-refractivity contribution in [2.24, 2.45) is 0 Å². The van der Waals surface area contributed by atoms with Crippen LogP contribution in [0.15, 0.2) is 0 Å². The van der Waals surface area contributed by atoms with Crippen LogP contribution in [0.2, 0.25) is 0 Å². The largest absolute Gasteiger partial charge is 0.468 e. The van der Waals surface area contributed by atoms with Gasteiger partial charge in [0.05, 0.1) is 51.1 Å². The summed E-state index contributed by atoms with van der Waals surface area (Å²) < 4.78 is 8.94. The van der Waals surface area contributed by atoms with E-state index in [1.165, 1.54) is 24.0 Å². The number of halogens is 4. The molecule has 0 aromatic rings. The van der Waals surface area contributed by atoms with Crippen molar-refractivity contribution in [1.82, 2.24) is 30.7 Å².